The molecule has 0 fully saturated rings. The molecule has 0 unspecified atom stereocenters. The average molecular weight is 146 g/mol. The molecule has 0 rings (SSSR count). The molecule has 0 aromatic heterocycles. The summed E-state index contributed by atoms with van der Waals surface area (Å²) in [5, 5.41) is 4.10. The van der Waals surface area contributed by atoms with E-state index in [-0.39, 0.29) is 0 Å². The molecule has 0 spiro atoms. The van der Waals surface area contributed by atoms with E-state index in [2.05, 4.69) is 0 Å². The van der Waals surface area contributed by atoms with Gasteiger partial charge in [-0.1, -0.05) is 12.2 Å². The van der Waals surface area contributed by atoms with Crippen LogP contribution >= 0.6 is 23.5 Å². The second kappa shape index (κ2) is 7.18. The predicted octanol–water partition coefficient (Wildman–Crippen LogP) is 2.74. The fourth-order valence-corrected chi connectivity index (χ4v) is 0.744. The van der Waals surface area contributed by atoms with Gasteiger partial charge in [0, 0.05) is 0 Å². The minimum Gasteiger partial charge on any atom is -0.138 e. The van der Waals surface area contributed by atoms with Crippen LogP contribution in [0.2, 0.25) is 0 Å². The number of thioether (sulfide) groups is 2. The van der Waals surface area contributed by atoms with Gasteiger partial charge in [0.2, 0.25) is 0 Å². The van der Waals surface area contributed by atoms with Crippen molar-refractivity contribution in [3.63, 3.8) is 0 Å². The van der Waals surface area contributed by atoms with Gasteiger partial charge in [-0.05, 0) is 23.3 Å². The molecule has 0 N–H and O–H groups in total. The first-order valence-corrected chi connectivity index (χ1v) is 4.86. The maximum absolute atomic E-state index is 2.05. The molecule has 0 heterocycles. The van der Waals surface area contributed by atoms with Crippen molar-refractivity contribution in [1.82, 2.24) is 0 Å². The zero-order valence-corrected chi connectivity index (χ0v) is 6.76. The highest BCUT2D eigenvalue weighted by Crippen LogP contribution is 1.96. The van der Waals surface area contributed by atoms with Gasteiger partial charge < -0.3 is 0 Å². The average Bonchev–Trinajstić information content (AvgIpc) is 1.81. The van der Waals surface area contributed by atoms with E-state index in [1.54, 1.807) is 23.5 Å². The Morgan fingerprint density at radius 2 is 1.25 bits per heavy atom. The van der Waals surface area contributed by atoms with Gasteiger partial charge in [-0.3, -0.25) is 0 Å². The molecule has 8 heavy (non-hydrogen) atoms. The van der Waals surface area contributed by atoms with E-state index >= 15 is 0 Å². The van der Waals surface area contributed by atoms with Gasteiger partial charge in [-0.25, -0.2) is 0 Å². The van der Waals surface area contributed by atoms with Crippen LogP contribution in [0.25, 0.3) is 0 Å². The summed E-state index contributed by atoms with van der Waals surface area (Å²) in [6, 6.07) is 0. The van der Waals surface area contributed by atoms with Crippen molar-refractivity contribution in [3.05, 3.63) is 23.0 Å². The molecule has 0 aliphatic rings. The Morgan fingerprint density at radius 1 is 0.875 bits per heavy atom. The molecule has 0 radical (unpaired) electrons. The molecule has 0 aromatic rings. The third-order valence-electron chi connectivity index (χ3n) is 0.540. The topological polar surface area (TPSA) is 0 Å². The molecule has 0 nitrogen and oxygen atoms in total. The number of hydrogen-bond acceptors (Lipinski definition) is 2. The van der Waals surface area contributed by atoms with E-state index in [0.717, 1.165) is 0 Å². The second-order valence-electron chi connectivity index (χ2n) is 1.13. The lowest BCUT2D eigenvalue weighted by Crippen LogP contribution is -1.45. The Bertz CT molecular complexity index is 72.5. The first-order chi connectivity index (χ1) is 3.91. The van der Waals surface area contributed by atoms with Crippen LogP contribution in [-0.2, 0) is 0 Å². The van der Waals surface area contributed by atoms with Gasteiger partial charge in [0.05, 0.1) is 0 Å². The van der Waals surface area contributed by atoms with Crippen LogP contribution in [0.4, 0.5) is 0 Å². The number of hydrogen-bond donors (Lipinski definition) is 0. The smallest absolute Gasteiger partial charge is 0.0142 e. The molecule has 0 amide bonds. The SMILES string of the molecule is CS/C=C\C=C/SC. The zero-order valence-electron chi connectivity index (χ0n) is 5.13. The summed E-state index contributed by atoms with van der Waals surface area (Å²) in [5.41, 5.74) is 0. The Balaban J connectivity index is 3.13. The maximum atomic E-state index is 2.05. The van der Waals surface area contributed by atoms with Crippen molar-refractivity contribution in [1.29, 1.82) is 0 Å². The van der Waals surface area contributed by atoms with Gasteiger partial charge in [-0.2, -0.15) is 0 Å². The molecular formula is C6H10S2. The van der Waals surface area contributed by atoms with Gasteiger partial charge in [0.25, 0.3) is 0 Å². The molecule has 0 atom stereocenters. The van der Waals surface area contributed by atoms with E-state index in [4.69, 9.17) is 0 Å². The summed E-state index contributed by atoms with van der Waals surface area (Å²) in [6.07, 6.45) is 8.15. The van der Waals surface area contributed by atoms with Gasteiger partial charge in [0.15, 0.2) is 0 Å². The van der Waals surface area contributed by atoms with E-state index in [1.165, 1.54) is 0 Å². The predicted molar refractivity (Wildman–Crippen MR) is 45.3 cm³/mol. The number of rotatable bonds is 3. The quantitative estimate of drug-likeness (QED) is 0.561. The first-order valence-electron chi connectivity index (χ1n) is 2.29. The van der Waals surface area contributed by atoms with Crippen LogP contribution in [0.5, 0.6) is 0 Å². The lowest BCUT2D eigenvalue weighted by atomic mass is 10.6. The standard InChI is InChI=1S/C6H10S2/c1-7-5-3-4-6-8-2/h3-6H,1-2H3/b5-3-,6-4-. The first kappa shape index (κ1) is 8.18. The molecular weight excluding hydrogens is 136 g/mol. The third kappa shape index (κ3) is 6.18. The van der Waals surface area contributed by atoms with E-state index in [0.29, 0.717) is 0 Å². The maximum Gasteiger partial charge on any atom is -0.0142 e. The van der Waals surface area contributed by atoms with Crippen molar-refractivity contribution < 1.29 is 0 Å². The lowest BCUT2D eigenvalue weighted by molar-refractivity contribution is 2.09. The van der Waals surface area contributed by atoms with Crippen molar-refractivity contribution in [2.45, 2.75) is 0 Å². The van der Waals surface area contributed by atoms with Crippen LogP contribution in [0.1, 0.15) is 0 Å². The minimum absolute atomic E-state index is 1.71. The summed E-state index contributed by atoms with van der Waals surface area (Å²) in [5.74, 6) is 0. The molecule has 0 aliphatic heterocycles. The molecule has 0 bridgehead atoms. The highest BCUT2D eigenvalue weighted by atomic mass is 32.2. The van der Waals surface area contributed by atoms with Crippen molar-refractivity contribution in [2.75, 3.05) is 12.5 Å². The summed E-state index contributed by atoms with van der Waals surface area (Å²) < 4.78 is 0. The van der Waals surface area contributed by atoms with Crippen molar-refractivity contribution >= 4 is 23.5 Å². The summed E-state index contributed by atoms with van der Waals surface area (Å²) in [6.45, 7) is 0. The summed E-state index contributed by atoms with van der Waals surface area (Å²) >= 11 is 3.42. The molecule has 0 aromatic carbocycles. The normalized spacial score (nSPS) is 11.8. The molecule has 2 heteroatoms. The third-order valence-corrected chi connectivity index (χ3v) is 1.40. The van der Waals surface area contributed by atoms with E-state index in [1.807, 2.05) is 35.5 Å². The van der Waals surface area contributed by atoms with Crippen molar-refractivity contribution in [2.24, 2.45) is 0 Å². The lowest BCUT2D eigenvalue weighted by Gasteiger charge is -1.74. The summed E-state index contributed by atoms with van der Waals surface area (Å²) in [7, 11) is 0. The van der Waals surface area contributed by atoms with Gasteiger partial charge in [-0.15, -0.1) is 23.5 Å². The van der Waals surface area contributed by atoms with Crippen molar-refractivity contribution in [3.8, 4) is 0 Å². The Labute approximate surface area is 59.4 Å². The molecule has 0 saturated heterocycles. The number of allylic oxidation sites excluding steroid dienone is 2. The van der Waals surface area contributed by atoms with E-state index in [9.17, 15) is 0 Å². The fourth-order valence-electron chi connectivity index (χ4n) is 0.248. The highest BCUT2D eigenvalue weighted by molar-refractivity contribution is 8.01. The van der Waals surface area contributed by atoms with Gasteiger partial charge >= 0.3 is 0 Å². The van der Waals surface area contributed by atoms with Crippen LogP contribution in [0, 0.1) is 0 Å². The Kier molecular flexibility index (Phi) is 7.34. The van der Waals surface area contributed by atoms with Crippen LogP contribution in [0.3, 0.4) is 0 Å². The van der Waals surface area contributed by atoms with Crippen LogP contribution in [-0.4, -0.2) is 12.5 Å². The fraction of sp³-hybridized carbons (Fsp3) is 0.333. The second-order valence-corrected chi connectivity index (χ2v) is 2.62. The Morgan fingerprint density at radius 3 is 1.50 bits per heavy atom. The van der Waals surface area contributed by atoms with Crippen LogP contribution in [0.15, 0.2) is 23.0 Å². The minimum atomic E-state index is 1.71. The molecule has 46 valence electrons. The largest absolute Gasteiger partial charge is 0.138 e. The Hall–Kier alpha value is 0.180. The van der Waals surface area contributed by atoms with Gasteiger partial charge in [0.1, 0.15) is 0 Å². The molecule has 0 saturated carbocycles. The van der Waals surface area contributed by atoms with Crippen LogP contribution < -0.4 is 0 Å². The summed E-state index contributed by atoms with van der Waals surface area (Å²) in [4.78, 5) is 0. The van der Waals surface area contributed by atoms with E-state index < -0.39 is 0 Å². The zero-order chi connectivity index (χ0) is 6.24. The highest BCUT2D eigenvalue weighted by Gasteiger charge is 1.61. The monoisotopic (exact) mass is 146 g/mol. The molecule has 0 aliphatic carbocycles.